The van der Waals surface area contributed by atoms with E-state index in [1.807, 2.05) is 18.2 Å². The number of fused-ring (bicyclic) bond motifs is 1. The molecular weight excluding hydrogens is 437 g/mol. The molecule has 0 saturated heterocycles. The number of carbonyl (C=O) groups excluding carboxylic acids is 1. The number of carbonyl (C=O) groups is 1. The van der Waals surface area contributed by atoms with E-state index in [0.717, 1.165) is 19.5 Å². The molecule has 9 heteroatoms. The van der Waals surface area contributed by atoms with Gasteiger partial charge in [-0.25, -0.2) is 9.37 Å². The number of benzene rings is 2. The Morgan fingerprint density at radius 3 is 2.68 bits per heavy atom. The van der Waals surface area contributed by atoms with Crippen LogP contribution in [0.3, 0.4) is 0 Å². The number of nitrogens with zero attached hydrogens (tertiary/aromatic N) is 4. The van der Waals surface area contributed by atoms with Crippen molar-refractivity contribution < 1.29 is 13.7 Å². The second kappa shape index (κ2) is 10.8. The Labute approximate surface area is 196 Å². The zero-order chi connectivity index (χ0) is 23.9. The Morgan fingerprint density at radius 1 is 1.15 bits per heavy atom. The third kappa shape index (κ3) is 5.74. The first-order valence-electron chi connectivity index (χ1n) is 11.1. The van der Waals surface area contributed by atoms with Gasteiger partial charge in [0.1, 0.15) is 23.2 Å². The monoisotopic (exact) mass is 463 g/mol. The van der Waals surface area contributed by atoms with Gasteiger partial charge in [0.25, 0.3) is 11.3 Å². The van der Waals surface area contributed by atoms with Crippen molar-refractivity contribution in [2.24, 2.45) is 0 Å². The van der Waals surface area contributed by atoms with Crippen LogP contribution in [0.4, 0.5) is 4.39 Å². The van der Waals surface area contributed by atoms with Crippen molar-refractivity contribution in [2.75, 3.05) is 20.1 Å². The van der Waals surface area contributed by atoms with Crippen LogP contribution in [-0.2, 0) is 17.9 Å². The lowest BCUT2D eigenvalue weighted by molar-refractivity contribution is -0.121. The molecule has 0 bridgehead atoms. The molecule has 0 aliphatic rings. The van der Waals surface area contributed by atoms with E-state index in [1.54, 1.807) is 0 Å². The summed E-state index contributed by atoms with van der Waals surface area (Å²) in [4.78, 5) is 31.6. The number of hydrogen-bond donors (Lipinski definition) is 1. The Bertz CT molecular complexity index is 1300. The summed E-state index contributed by atoms with van der Waals surface area (Å²) in [5.41, 5.74) is 1.84. The molecular formula is C25H26FN5O3. The molecule has 4 aromatic rings. The Morgan fingerprint density at radius 2 is 1.91 bits per heavy atom. The first-order valence-corrected chi connectivity index (χ1v) is 11.1. The topological polar surface area (TPSA) is 93.3 Å². The summed E-state index contributed by atoms with van der Waals surface area (Å²) < 4.78 is 19.8. The van der Waals surface area contributed by atoms with Gasteiger partial charge in [-0.2, -0.15) is 0 Å². The molecule has 0 radical (unpaired) electrons. The lowest BCUT2D eigenvalue weighted by Gasteiger charge is -2.16. The number of rotatable bonds is 10. The van der Waals surface area contributed by atoms with E-state index in [0.29, 0.717) is 17.8 Å². The quantitative estimate of drug-likeness (QED) is 0.363. The average Bonchev–Trinajstić information content (AvgIpc) is 3.27. The van der Waals surface area contributed by atoms with E-state index in [1.165, 1.54) is 40.7 Å². The predicted octanol–water partition coefficient (Wildman–Crippen LogP) is 3.22. The second-order valence-corrected chi connectivity index (χ2v) is 8.14. The highest BCUT2D eigenvalue weighted by Gasteiger charge is 2.17. The molecule has 4 rings (SSSR count). The van der Waals surface area contributed by atoms with E-state index < -0.39 is 0 Å². The minimum absolute atomic E-state index is 0.102. The summed E-state index contributed by atoms with van der Waals surface area (Å²) in [7, 11) is 2.05. The first kappa shape index (κ1) is 23.3. The molecule has 1 amide bonds. The van der Waals surface area contributed by atoms with Gasteiger partial charge in [-0.05, 0) is 49.8 Å². The number of hydrogen-bond acceptors (Lipinski definition) is 6. The van der Waals surface area contributed by atoms with Gasteiger partial charge < -0.3 is 14.7 Å². The van der Waals surface area contributed by atoms with Crippen LogP contribution in [0, 0.1) is 5.82 Å². The summed E-state index contributed by atoms with van der Waals surface area (Å²) >= 11 is 0. The third-order valence-corrected chi connectivity index (χ3v) is 5.49. The molecule has 0 atom stereocenters. The van der Waals surface area contributed by atoms with Gasteiger partial charge in [0.2, 0.25) is 5.91 Å². The minimum Gasteiger partial charge on any atom is -0.356 e. The van der Waals surface area contributed by atoms with Gasteiger partial charge in [-0.1, -0.05) is 35.5 Å². The standard InChI is InChI=1S/C25H26FN5O3/c1-30(16-18-6-3-2-4-7-18)14-5-13-27-21(32)12-15-31-17-28-24-22(25(31)33)23(29-34-24)19-8-10-20(26)11-9-19/h2-4,6-11,17H,5,12-16H2,1H3,(H,27,32). The molecule has 34 heavy (non-hydrogen) atoms. The maximum Gasteiger partial charge on any atom is 0.266 e. The van der Waals surface area contributed by atoms with E-state index in [4.69, 9.17) is 4.52 Å². The smallest absolute Gasteiger partial charge is 0.266 e. The van der Waals surface area contributed by atoms with Crippen LogP contribution in [0.15, 0.2) is 70.2 Å². The molecule has 0 aliphatic heterocycles. The van der Waals surface area contributed by atoms with Crippen molar-refractivity contribution >= 4 is 17.0 Å². The van der Waals surface area contributed by atoms with E-state index in [9.17, 15) is 14.0 Å². The van der Waals surface area contributed by atoms with Crippen molar-refractivity contribution in [3.05, 3.63) is 82.7 Å². The second-order valence-electron chi connectivity index (χ2n) is 8.14. The predicted molar refractivity (Wildman–Crippen MR) is 126 cm³/mol. The largest absolute Gasteiger partial charge is 0.356 e. The zero-order valence-electron chi connectivity index (χ0n) is 18.9. The fraction of sp³-hybridized carbons (Fsp3) is 0.280. The van der Waals surface area contributed by atoms with Gasteiger partial charge in [-0.15, -0.1) is 0 Å². The molecule has 2 heterocycles. The van der Waals surface area contributed by atoms with Crippen LogP contribution in [0.25, 0.3) is 22.4 Å². The summed E-state index contributed by atoms with van der Waals surface area (Å²) in [5, 5.41) is 7.03. The fourth-order valence-corrected chi connectivity index (χ4v) is 3.71. The molecule has 176 valence electrons. The fourth-order valence-electron chi connectivity index (χ4n) is 3.71. The summed E-state index contributed by atoms with van der Waals surface area (Å²) in [6.45, 7) is 2.45. The van der Waals surface area contributed by atoms with Crippen LogP contribution < -0.4 is 10.9 Å². The Hall–Kier alpha value is -3.85. The van der Waals surface area contributed by atoms with Gasteiger partial charge in [0.05, 0.1) is 0 Å². The van der Waals surface area contributed by atoms with Crippen LogP contribution >= 0.6 is 0 Å². The maximum absolute atomic E-state index is 13.2. The molecule has 2 aromatic heterocycles. The Kier molecular flexibility index (Phi) is 7.44. The van der Waals surface area contributed by atoms with Crippen molar-refractivity contribution in [2.45, 2.75) is 25.9 Å². The molecule has 0 saturated carbocycles. The van der Waals surface area contributed by atoms with Crippen molar-refractivity contribution in [3.8, 4) is 11.3 Å². The Balaban J connectivity index is 1.29. The summed E-state index contributed by atoms with van der Waals surface area (Å²) in [6.07, 6.45) is 2.31. The molecule has 0 spiro atoms. The highest BCUT2D eigenvalue weighted by atomic mass is 19.1. The molecule has 0 unspecified atom stereocenters. The van der Waals surface area contributed by atoms with E-state index >= 15 is 0 Å². The average molecular weight is 464 g/mol. The number of aromatic nitrogens is 3. The van der Waals surface area contributed by atoms with Crippen LogP contribution in [0.2, 0.25) is 0 Å². The molecule has 2 aromatic carbocycles. The van der Waals surface area contributed by atoms with Gasteiger partial charge >= 0.3 is 0 Å². The van der Waals surface area contributed by atoms with E-state index in [-0.39, 0.29) is 41.3 Å². The number of amides is 1. The SMILES string of the molecule is CN(CCCNC(=O)CCn1cnc2onc(-c3ccc(F)cc3)c2c1=O)Cc1ccccc1. The number of aryl methyl sites for hydroxylation is 1. The summed E-state index contributed by atoms with van der Waals surface area (Å²) in [6, 6.07) is 15.8. The molecule has 0 aliphatic carbocycles. The van der Waals surface area contributed by atoms with E-state index in [2.05, 4.69) is 39.5 Å². The number of nitrogens with one attached hydrogen (secondary N) is 1. The zero-order valence-corrected chi connectivity index (χ0v) is 18.9. The van der Waals surface area contributed by atoms with Crippen molar-refractivity contribution in [1.29, 1.82) is 0 Å². The highest BCUT2D eigenvalue weighted by molar-refractivity contribution is 5.88. The minimum atomic E-state index is -0.388. The van der Waals surface area contributed by atoms with Gasteiger partial charge in [-0.3, -0.25) is 14.2 Å². The molecule has 1 N–H and O–H groups in total. The normalized spacial score (nSPS) is 11.3. The van der Waals surface area contributed by atoms with Crippen molar-refractivity contribution in [1.82, 2.24) is 24.9 Å². The lowest BCUT2D eigenvalue weighted by atomic mass is 10.1. The number of halogens is 1. The van der Waals surface area contributed by atoms with Gasteiger partial charge in [0.15, 0.2) is 0 Å². The first-order chi connectivity index (χ1) is 16.5. The van der Waals surface area contributed by atoms with Crippen LogP contribution in [0.5, 0.6) is 0 Å². The lowest BCUT2D eigenvalue weighted by Crippen LogP contribution is -2.30. The van der Waals surface area contributed by atoms with Crippen LogP contribution in [0.1, 0.15) is 18.4 Å². The third-order valence-electron chi connectivity index (χ3n) is 5.49. The maximum atomic E-state index is 13.2. The summed E-state index contributed by atoms with van der Waals surface area (Å²) in [5.74, 6) is -0.525. The van der Waals surface area contributed by atoms with Crippen molar-refractivity contribution in [3.63, 3.8) is 0 Å². The highest BCUT2D eigenvalue weighted by Crippen LogP contribution is 2.24. The molecule has 8 nitrogen and oxygen atoms in total. The van der Waals surface area contributed by atoms with Crippen LogP contribution in [-0.4, -0.2) is 45.7 Å². The molecule has 0 fully saturated rings. The van der Waals surface area contributed by atoms with Gasteiger partial charge in [0, 0.05) is 31.6 Å².